The molecule has 0 fully saturated rings. The van der Waals surface area contributed by atoms with E-state index in [9.17, 15) is 4.79 Å². The van der Waals surface area contributed by atoms with Gasteiger partial charge in [-0.3, -0.25) is 4.79 Å². The first kappa shape index (κ1) is 20.7. The summed E-state index contributed by atoms with van der Waals surface area (Å²) in [4.78, 5) is 12.1. The Labute approximate surface area is 185 Å². The molecule has 0 radical (unpaired) electrons. The number of ether oxygens (including phenoxy) is 1. The van der Waals surface area contributed by atoms with Crippen LogP contribution in [0.4, 0.5) is 0 Å². The van der Waals surface area contributed by atoms with Gasteiger partial charge in [0.1, 0.15) is 5.75 Å². The third-order valence-electron chi connectivity index (χ3n) is 4.90. The zero-order chi connectivity index (χ0) is 21.6. The quantitative estimate of drug-likeness (QED) is 0.324. The summed E-state index contributed by atoms with van der Waals surface area (Å²) in [6.07, 6.45) is 3.70. The molecule has 1 heterocycles. The van der Waals surface area contributed by atoms with Gasteiger partial charge in [-0.2, -0.15) is 5.10 Å². The van der Waals surface area contributed by atoms with Crippen LogP contribution in [0.3, 0.4) is 0 Å². The molecule has 1 N–H and O–H groups in total. The SMILES string of the molecule is Cc1cc(Cl)ccc1OCC(=O)N/N=C\c1cn(Cc2ccccc2)c2ccccc12. The van der Waals surface area contributed by atoms with Gasteiger partial charge in [-0.1, -0.05) is 60.1 Å². The van der Waals surface area contributed by atoms with Crippen LogP contribution in [-0.4, -0.2) is 23.3 Å². The van der Waals surface area contributed by atoms with Crippen LogP contribution in [0.15, 0.2) is 84.1 Å². The third kappa shape index (κ3) is 5.13. The second-order valence-electron chi connectivity index (χ2n) is 7.21. The van der Waals surface area contributed by atoms with E-state index >= 15 is 0 Å². The molecule has 5 nitrogen and oxygen atoms in total. The van der Waals surface area contributed by atoms with E-state index in [4.69, 9.17) is 16.3 Å². The number of hydrogen-bond donors (Lipinski definition) is 1. The molecule has 0 spiro atoms. The molecule has 156 valence electrons. The summed E-state index contributed by atoms with van der Waals surface area (Å²) in [5.74, 6) is 0.283. The van der Waals surface area contributed by atoms with Crippen LogP contribution < -0.4 is 10.2 Å². The number of hydrogen-bond acceptors (Lipinski definition) is 3. The van der Waals surface area contributed by atoms with Crippen molar-refractivity contribution in [2.45, 2.75) is 13.5 Å². The van der Waals surface area contributed by atoms with Crippen molar-refractivity contribution in [1.82, 2.24) is 9.99 Å². The number of amides is 1. The van der Waals surface area contributed by atoms with E-state index in [1.807, 2.05) is 49.5 Å². The second-order valence-corrected chi connectivity index (χ2v) is 7.64. The van der Waals surface area contributed by atoms with Gasteiger partial charge >= 0.3 is 0 Å². The van der Waals surface area contributed by atoms with Gasteiger partial charge < -0.3 is 9.30 Å². The summed E-state index contributed by atoms with van der Waals surface area (Å²) in [5.41, 5.74) is 6.66. The molecular formula is C25H22ClN3O2. The van der Waals surface area contributed by atoms with Gasteiger partial charge in [0.2, 0.25) is 0 Å². The van der Waals surface area contributed by atoms with Gasteiger partial charge in [0.15, 0.2) is 6.61 Å². The van der Waals surface area contributed by atoms with Gasteiger partial charge in [0.05, 0.1) is 6.21 Å². The number of aromatic nitrogens is 1. The molecule has 3 aromatic carbocycles. The lowest BCUT2D eigenvalue weighted by Crippen LogP contribution is -2.24. The number of rotatable bonds is 7. The largest absolute Gasteiger partial charge is 0.483 e. The Kier molecular flexibility index (Phi) is 6.34. The van der Waals surface area contributed by atoms with Gasteiger partial charge in [0.25, 0.3) is 5.91 Å². The Morgan fingerprint density at radius 3 is 2.68 bits per heavy atom. The fraction of sp³-hybridized carbons (Fsp3) is 0.120. The highest BCUT2D eigenvalue weighted by atomic mass is 35.5. The number of nitrogens with zero attached hydrogens (tertiary/aromatic N) is 2. The Balaban J connectivity index is 1.42. The molecule has 0 atom stereocenters. The number of fused-ring (bicyclic) bond motifs is 1. The molecular weight excluding hydrogens is 410 g/mol. The number of aryl methyl sites for hydroxylation is 1. The molecule has 4 rings (SSSR count). The maximum Gasteiger partial charge on any atom is 0.277 e. The van der Waals surface area contributed by atoms with Crippen molar-refractivity contribution in [2.75, 3.05) is 6.61 Å². The summed E-state index contributed by atoms with van der Waals surface area (Å²) in [6.45, 7) is 2.51. The number of carbonyl (C=O) groups excluding carboxylic acids is 1. The molecule has 31 heavy (non-hydrogen) atoms. The summed E-state index contributed by atoms with van der Waals surface area (Å²) >= 11 is 5.94. The Morgan fingerprint density at radius 1 is 1.10 bits per heavy atom. The van der Waals surface area contributed by atoms with Crippen LogP contribution >= 0.6 is 11.6 Å². The standard InChI is InChI=1S/C25H22ClN3O2/c1-18-13-21(26)11-12-24(18)31-17-25(30)28-27-14-20-16-29(15-19-7-3-2-4-8-19)23-10-6-5-9-22(20)23/h2-14,16H,15,17H2,1H3,(H,28,30)/b27-14-. The van der Waals surface area contributed by atoms with E-state index in [0.29, 0.717) is 10.8 Å². The lowest BCUT2D eigenvalue weighted by molar-refractivity contribution is -0.123. The molecule has 4 aromatic rings. The molecule has 0 unspecified atom stereocenters. The summed E-state index contributed by atoms with van der Waals surface area (Å²) < 4.78 is 7.73. The Morgan fingerprint density at radius 2 is 1.87 bits per heavy atom. The average Bonchev–Trinajstić information content (AvgIpc) is 3.11. The van der Waals surface area contributed by atoms with Crippen LogP contribution in [-0.2, 0) is 11.3 Å². The van der Waals surface area contributed by atoms with Gasteiger partial charge in [-0.05, 0) is 42.3 Å². The lowest BCUT2D eigenvalue weighted by Gasteiger charge is -2.08. The molecule has 1 amide bonds. The van der Waals surface area contributed by atoms with Crippen molar-refractivity contribution in [3.8, 4) is 5.75 Å². The summed E-state index contributed by atoms with van der Waals surface area (Å²) in [7, 11) is 0. The minimum absolute atomic E-state index is 0.129. The van der Waals surface area contributed by atoms with Crippen molar-refractivity contribution in [3.63, 3.8) is 0 Å². The number of halogens is 1. The molecule has 0 bridgehead atoms. The molecule has 0 saturated heterocycles. The maximum absolute atomic E-state index is 12.1. The number of nitrogens with one attached hydrogen (secondary N) is 1. The van der Waals surface area contributed by atoms with E-state index < -0.39 is 0 Å². The van der Waals surface area contributed by atoms with Crippen LogP contribution in [0, 0.1) is 6.92 Å². The molecule has 0 aliphatic rings. The van der Waals surface area contributed by atoms with E-state index in [0.717, 1.165) is 28.6 Å². The minimum atomic E-state index is -0.335. The highest BCUT2D eigenvalue weighted by molar-refractivity contribution is 6.30. The van der Waals surface area contributed by atoms with Crippen molar-refractivity contribution >= 4 is 34.6 Å². The van der Waals surface area contributed by atoms with Crippen molar-refractivity contribution < 1.29 is 9.53 Å². The monoisotopic (exact) mass is 431 g/mol. The van der Waals surface area contributed by atoms with Crippen molar-refractivity contribution in [1.29, 1.82) is 0 Å². The minimum Gasteiger partial charge on any atom is -0.483 e. The normalized spacial score (nSPS) is 11.2. The van der Waals surface area contributed by atoms with E-state index in [1.54, 1.807) is 24.4 Å². The number of para-hydroxylation sites is 1. The topological polar surface area (TPSA) is 55.6 Å². The molecule has 0 saturated carbocycles. The van der Waals surface area contributed by atoms with Crippen LogP contribution in [0.25, 0.3) is 10.9 Å². The van der Waals surface area contributed by atoms with Gasteiger partial charge in [-0.15, -0.1) is 0 Å². The third-order valence-corrected chi connectivity index (χ3v) is 5.14. The Bertz CT molecular complexity index is 1230. The number of carbonyl (C=O) groups is 1. The van der Waals surface area contributed by atoms with Crippen LogP contribution in [0.1, 0.15) is 16.7 Å². The molecule has 0 aliphatic carbocycles. The Hall–Kier alpha value is -3.57. The first-order chi connectivity index (χ1) is 15.1. The van der Waals surface area contributed by atoms with Crippen LogP contribution in [0.2, 0.25) is 5.02 Å². The fourth-order valence-electron chi connectivity index (χ4n) is 3.41. The predicted molar refractivity (Wildman–Crippen MR) is 125 cm³/mol. The lowest BCUT2D eigenvalue weighted by atomic mass is 10.2. The first-order valence-electron chi connectivity index (χ1n) is 9.93. The molecule has 1 aromatic heterocycles. The zero-order valence-electron chi connectivity index (χ0n) is 17.1. The van der Waals surface area contributed by atoms with E-state index in [2.05, 4.69) is 33.3 Å². The van der Waals surface area contributed by atoms with Crippen molar-refractivity contribution in [2.24, 2.45) is 5.10 Å². The van der Waals surface area contributed by atoms with E-state index in [-0.39, 0.29) is 12.5 Å². The maximum atomic E-state index is 12.1. The summed E-state index contributed by atoms with van der Waals surface area (Å²) in [5, 5.41) is 5.83. The summed E-state index contributed by atoms with van der Waals surface area (Å²) in [6, 6.07) is 23.7. The number of hydrazone groups is 1. The highest BCUT2D eigenvalue weighted by Gasteiger charge is 2.08. The van der Waals surface area contributed by atoms with Crippen LogP contribution in [0.5, 0.6) is 5.75 Å². The second kappa shape index (κ2) is 9.49. The molecule has 6 heteroatoms. The predicted octanol–water partition coefficient (Wildman–Crippen LogP) is 5.18. The number of benzene rings is 3. The first-order valence-corrected chi connectivity index (χ1v) is 10.3. The van der Waals surface area contributed by atoms with Gasteiger partial charge in [-0.25, -0.2) is 5.43 Å². The van der Waals surface area contributed by atoms with Crippen molar-refractivity contribution in [3.05, 3.63) is 101 Å². The average molecular weight is 432 g/mol. The zero-order valence-corrected chi connectivity index (χ0v) is 17.8. The molecule has 0 aliphatic heterocycles. The van der Waals surface area contributed by atoms with Gasteiger partial charge in [0, 0.05) is 34.2 Å². The highest BCUT2D eigenvalue weighted by Crippen LogP contribution is 2.22. The smallest absolute Gasteiger partial charge is 0.277 e. The van der Waals surface area contributed by atoms with E-state index in [1.165, 1.54) is 5.56 Å². The fourth-order valence-corrected chi connectivity index (χ4v) is 3.64.